The van der Waals surface area contributed by atoms with Crippen LogP contribution in [0.5, 0.6) is 0 Å². The molecular weight excluding hydrogens is 342 g/mol. The first-order valence-electron chi connectivity index (χ1n) is 6.80. The van der Waals surface area contributed by atoms with Crippen molar-refractivity contribution in [2.75, 3.05) is 0 Å². The number of halogens is 1. The van der Waals surface area contributed by atoms with Gasteiger partial charge < -0.3 is 4.98 Å². The van der Waals surface area contributed by atoms with E-state index in [1.807, 2.05) is 43.5 Å². The molecule has 0 radical (unpaired) electrons. The molecule has 0 aliphatic carbocycles. The Morgan fingerprint density at radius 1 is 1.23 bits per heavy atom. The first-order chi connectivity index (χ1) is 10.6. The molecule has 2 N–H and O–H groups in total. The number of amides is 1. The molecule has 0 bridgehead atoms. The largest absolute Gasteiger partial charge is 0.361 e. The second kappa shape index (κ2) is 6.15. The van der Waals surface area contributed by atoms with Crippen LogP contribution in [0, 0.1) is 6.92 Å². The molecule has 2 aromatic carbocycles. The van der Waals surface area contributed by atoms with Crippen LogP contribution in [-0.2, 0) is 0 Å². The van der Waals surface area contributed by atoms with Gasteiger partial charge in [-0.2, -0.15) is 5.10 Å². The molecule has 3 aromatic rings. The molecule has 4 nitrogen and oxygen atoms in total. The number of carbonyl (C=O) groups excluding carboxylic acids is 1. The first-order valence-corrected chi connectivity index (χ1v) is 7.59. The number of aromatic amines is 1. The van der Waals surface area contributed by atoms with Gasteiger partial charge in [-0.05, 0) is 37.3 Å². The molecule has 0 aliphatic heterocycles. The molecule has 3 rings (SSSR count). The number of nitrogens with zero attached hydrogens (tertiary/aromatic N) is 1. The van der Waals surface area contributed by atoms with E-state index in [2.05, 4.69) is 31.4 Å². The number of carbonyl (C=O) groups is 1. The van der Waals surface area contributed by atoms with E-state index in [0.717, 1.165) is 26.5 Å². The lowest BCUT2D eigenvalue weighted by Crippen LogP contribution is -2.17. The highest BCUT2D eigenvalue weighted by Crippen LogP contribution is 2.21. The van der Waals surface area contributed by atoms with E-state index in [-0.39, 0.29) is 5.91 Å². The maximum absolute atomic E-state index is 12.0. The van der Waals surface area contributed by atoms with Crippen LogP contribution in [0.15, 0.2) is 58.2 Å². The Kier molecular flexibility index (Phi) is 4.06. The smallest absolute Gasteiger partial charge is 0.271 e. The van der Waals surface area contributed by atoms with E-state index in [1.54, 1.807) is 18.3 Å². The highest BCUT2D eigenvalue weighted by Gasteiger charge is 2.04. The molecule has 5 heteroatoms. The number of rotatable bonds is 3. The monoisotopic (exact) mass is 355 g/mol. The minimum atomic E-state index is -0.225. The van der Waals surface area contributed by atoms with E-state index < -0.39 is 0 Å². The van der Waals surface area contributed by atoms with Crippen molar-refractivity contribution in [1.29, 1.82) is 0 Å². The predicted molar refractivity (Wildman–Crippen MR) is 92.2 cm³/mol. The van der Waals surface area contributed by atoms with Crippen LogP contribution < -0.4 is 5.43 Å². The number of hydrazone groups is 1. The van der Waals surface area contributed by atoms with Gasteiger partial charge in [-0.1, -0.05) is 33.6 Å². The van der Waals surface area contributed by atoms with E-state index in [1.165, 1.54) is 0 Å². The number of fused-ring (bicyclic) bond motifs is 1. The summed E-state index contributed by atoms with van der Waals surface area (Å²) in [7, 11) is 0. The quantitative estimate of drug-likeness (QED) is 0.541. The standard InChI is InChI=1S/C17H14BrN3O/c1-11-2-4-12(5-3-11)17(22)21-20-10-13-9-19-16-7-6-14(18)8-15(13)16/h2-10,19H,1H3,(H,21,22)/b20-10-. The van der Waals surface area contributed by atoms with Gasteiger partial charge in [0.15, 0.2) is 0 Å². The molecule has 1 heterocycles. The van der Waals surface area contributed by atoms with Crippen LogP contribution in [0.3, 0.4) is 0 Å². The number of benzene rings is 2. The Labute approximate surface area is 136 Å². The molecule has 1 amide bonds. The third-order valence-electron chi connectivity index (χ3n) is 3.36. The molecule has 0 fully saturated rings. The van der Waals surface area contributed by atoms with Gasteiger partial charge in [0.2, 0.25) is 0 Å². The number of hydrogen-bond acceptors (Lipinski definition) is 2. The molecule has 1 aromatic heterocycles. The van der Waals surface area contributed by atoms with E-state index in [4.69, 9.17) is 0 Å². The summed E-state index contributed by atoms with van der Waals surface area (Å²) in [6.07, 6.45) is 3.50. The molecule has 22 heavy (non-hydrogen) atoms. The lowest BCUT2D eigenvalue weighted by Gasteiger charge is -2.00. The van der Waals surface area contributed by atoms with Gasteiger partial charge in [0, 0.05) is 32.7 Å². The second-order valence-electron chi connectivity index (χ2n) is 5.00. The van der Waals surface area contributed by atoms with Crippen molar-refractivity contribution in [3.8, 4) is 0 Å². The summed E-state index contributed by atoms with van der Waals surface area (Å²) in [6, 6.07) is 13.3. The third-order valence-corrected chi connectivity index (χ3v) is 3.85. The average molecular weight is 356 g/mol. The molecule has 0 saturated carbocycles. The average Bonchev–Trinajstić information content (AvgIpc) is 2.90. The molecule has 0 atom stereocenters. The predicted octanol–water partition coefficient (Wildman–Crippen LogP) is 4.00. The fourth-order valence-electron chi connectivity index (χ4n) is 2.15. The summed E-state index contributed by atoms with van der Waals surface area (Å²) in [5, 5.41) is 5.08. The highest BCUT2D eigenvalue weighted by atomic mass is 79.9. The minimum absolute atomic E-state index is 0.225. The summed E-state index contributed by atoms with van der Waals surface area (Å²) >= 11 is 3.45. The van der Waals surface area contributed by atoms with Gasteiger partial charge >= 0.3 is 0 Å². The van der Waals surface area contributed by atoms with Gasteiger partial charge in [0.1, 0.15) is 0 Å². The zero-order valence-electron chi connectivity index (χ0n) is 11.9. The van der Waals surface area contributed by atoms with Crippen molar-refractivity contribution in [2.45, 2.75) is 6.92 Å². The van der Waals surface area contributed by atoms with E-state index in [0.29, 0.717) is 5.56 Å². The molecule has 0 spiro atoms. The summed E-state index contributed by atoms with van der Waals surface area (Å²) in [6.45, 7) is 1.98. The molecule has 110 valence electrons. The maximum atomic E-state index is 12.0. The minimum Gasteiger partial charge on any atom is -0.361 e. The number of aromatic nitrogens is 1. The number of nitrogens with one attached hydrogen (secondary N) is 2. The number of aryl methyl sites for hydroxylation is 1. The summed E-state index contributed by atoms with van der Waals surface area (Å²) in [4.78, 5) is 15.1. The van der Waals surface area contributed by atoms with Crippen molar-refractivity contribution >= 4 is 39.0 Å². The Morgan fingerprint density at radius 2 is 2.00 bits per heavy atom. The summed E-state index contributed by atoms with van der Waals surface area (Å²) in [5.41, 5.74) is 6.18. The van der Waals surface area contributed by atoms with Gasteiger partial charge in [0.05, 0.1) is 6.21 Å². The zero-order chi connectivity index (χ0) is 15.5. The van der Waals surface area contributed by atoms with Crippen LogP contribution >= 0.6 is 15.9 Å². The fourth-order valence-corrected chi connectivity index (χ4v) is 2.51. The van der Waals surface area contributed by atoms with Gasteiger partial charge in [-0.25, -0.2) is 5.43 Å². The molecule has 0 aliphatic rings. The highest BCUT2D eigenvalue weighted by molar-refractivity contribution is 9.10. The van der Waals surface area contributed by atoms with Crippen molar-refractivity contribution in [3.63, 3.8) is 0 Å². The molecule has 0 unspecified atom stereocenters. The first kappa shape index (κ1) is 14.5. The Morgan fingerprint density at radius 3 is 2.77 bits per heavy atom. The number of hydrogen-bond donors (Lipinski definition) is 2. The van der Waals surface area contributed by atoms with Crippen molar-refractivity contribution in [3.05, 3.63) is 69.8 Å². The van der Waals surface area contributed by atoms with Gasteiger partial charge in [-0.3, -0.25) is 4.79 Å². The lowest BCUT2D eigenvalue weighted by atomic mass is 10.1. The SMILES string of the molecule is Cc1ccc(C(=O)N/N=C\c2c[nH]c3ccc(Br)cc23)cc1. The van der Waals surface area contributed by atoms with E-state index >= 15 is 0 Å². The van der Waals surface area contributed by atoms with Crippen LogP contribution in [0.4, 0.5) is 0 Å². The van der Waals surface area contributed by atoms with Crippen molar-refractivity contribution in [2.24, 2.45) is 5.10 Å². The number of H-pyrrole nitrogens is 1. The maximum Gasteiger partial charge on any atom is 0.271 e. The van der Waals surface area contributed by atoms with Crippen molar-refractivity contribution in [1.82, 2.24) is 10.4 Å². The van der Waals surface area contributed by atoms with Gasteiger partial charge in [-0.15, -0.1) is 0 Å². The molecular formula is C17H14BrN3O. The normalized spacial score (nSPS) is 11.2. The van der Waals surface area contributed by atoms with Crippen molar-refractivity contribution < 1.29 is 4.79 Å². The second-order valence-corrected chi connectivity index (χ2v) is 5.91. The van der Waals surface area contributed by atoms with Crippen LogP contribution in [0.1, 0.15) is 21.5 Å². The van der Waals surface area contributed by atoms with E-state index in [9.17, 15) is 4.79 Å². The van der Waals surface area contributed by atoms with Crippen LogP contribution in [0.2, 0.25) is 0 Å². The summed E-state index contributed by atoms with van der Waals surface area (Å²) in [5.74, 6) is -0.225. The third kappa shape index (κ3) is 3.09. The van der Waals surface area contributed by atoms with Gasteiger partial charge in [0.25, 0.3) is 5.91 Å². The molecule has 0 saturated heterocycles. The fraction of sp³-hybridized carbons (Fsp3) is 0.0588. The Hall–Kier alpha value is -2.40. The Bertz CT molecular complexity index is 850. The summed E-state index contributed by atoms with van der Waals surface area (Å²) < 4.78 is 0.998. The van der Waals surface area contributed by atoms with Crippen LogP contribution in [-0.4, -0.2) is 17.1 Å². The Balaban J connectivity index is 1.74. The zero-order valence-corrected chi connectivity index (χ0v) is 13.5. The lowest BCUT2D eigenvalue weighted by molar-refractivity contribution is 0.0955. The van der Waals surface area contributed by atoms with Crippen LogP contribution in [0.25, 0.3) is 10.9 Å². The topological polar surface area (TPSA) is 57.2 Å².